The van der Waals surface area contributed by atoms with E-state index >= 15 is 0 Å². The molecule has 0 aliphatic rings. The molecular formula is C39H45ClN8O7. The van der Waals surface area contributed by atoms with Gasteiger partial charge in [0.2, 0.25) is 0 Å². The van der Waals surface area contributed by atoms with Crippen LogP contribution in [-0.2, 0) is 20.9 Å². The third-order valence-electron chi connectivity index (χ3n) is 7.91. The predicted molar refractivity (Wildman–Crippen MR) is 210 cm³/mol. The third kappa shape index (κ3) is 14.3. The molecule has 0 radical (unpaired) electrons. The fourth-order valence-electron chi connectivity index (χ4n) is 4.98. The fraction of sp³-hybridized carbons (Fsp3) is 0.282. The summed E-state index contributed by atoms with van der Waals surface area (Å²) in [6.07, 6.45) is 2.24. The molecule has 290 valence electrons. The molecule has 0 fully saturated rings. The van der Waals surface area contributed by atoms with Crippen LogP contribution < -0.4 is 26.0 Å². The number of pyridine rings is 1. The lowest BCUT2D eigenvalue weighted by atomic mass is 10.1. The van der Waals surface area contributed by atoms with Gasteiger partial charge in [-0.3, -0.25) is 20.4 Å². The zero-order valence-electron chi connectivity index (χ0n) is 30.6. The number of ether oxygens (including phenoxy) is 3. The summed E-state index contributed by atoms with van der Waals surface area (Å²) < 4.78 is 15.5. The Morgan fingerprint density at radius 2 is 1.56 bits per heavy atom. The van der Waals surface area contributed by atoms with Crippen LogP contribution in [0.5, 0.6) is 5.75 Å². The average molecular weight is 773 g/mol. The number of hydrogen-bond acceptors (Lipinski definition) is 11. The second-order valence-corrected chi connectivity index (χ2v) is 12.8. The number of amides is 2. The van der Waals surface area contributed by atoms with Crippen LogP contribution in [0.4, 0.5) is 16.3 Å². The van der Waals surface area contributed by atoms with Gasteiger partial charge in [-0.2, -0.15) is 0 Å². The van der Waals surface area contributed by atoms with Gasteiger partial charge >= 0.3 is 6.16 Å². The predicted octanol–water partition coefficient (Wildman–Crippen LogP) is 5.91. The Kier molecular flexibility index (Phi) is 16.2. The molecule has 16 heteroatoms. The van der Waals surface area contributed by atoms with E-state index in [1.54, 1.807) is 67.5 Å². The van der Waals surface area contributed by atoms with Crippen LogP contribution in [0.15, 0.2) is 91.1 Å². The van der Waals surface area contributed by atoms with Crippen LogP contribution in [0.2, 0.25) is 5.02 Å². The van der Waals surface area contributed by atoms with Crippen molar-refractivity contribution >= 4 is 52.9 Å². The molecule has 1 aromatic heterocycles. The Balaban J connectivity index is 1.20. The van der Waals surface area contributed by atoms with E-state index in [4.69, 9.17) is 36.6 Å². The normalized spacial score (nSPS) is 11.1. The van der Waals surface area contributed by atoms with E-state index in [2.05, 4.69) is 26.3 Å². The number of carbonyl (C=O) groups is 3. The molecule has 15 nitrogen and oxygen atoms in total. The van der Waals surface area contributed by atoms with E-state index in [-0.39, 0.29) is 36.5 Å². The molecule has 1 unspecified atom stereocenters. The van der Waals surface area contributed by atoms with Gasteiger partial charge in [0, 0.05) is 55.8 Å². The van der Waals surface area contributed by atoms with Gasteiger partial charge in [-0.05, 0) is 60.9 Å². The molecule has 0 aliphatic heterocycles. The summed E-state index contributed by atoms with van der Waals surface area (Å²) in [6.45, 7) is 0.652. The second-order valence-electron chi connectivity index (χ2n) is 12.4. The maximum absolute atomic E-state index is 13.2. The van der Waals surface area contributed by atoms with Gasteiger partial charge in [0.15, 0.2) is 12.8 Å². The lowest BCUT2D eigenvalue weighted by Gasteiger charge is -2.19. The number of benzene rings is 3. The van der Waals surface area contributed by atoms with Crippen molar-refractivity contribution in [1.29, 1.82) is 10.8 Å². The van der Waals surface area contributed by atoms with Gasteiger partial charge in [-0.1, -0.05) is 66.9 Å². The summed E-state index contributed by atoms with van der Waals surface area (Å²) in [6, 6.07) is 23.2. The minimum absolute atomic E-state index is 0.0554. The number of aliphatic hydroxyl groups excluding tert-OH is 1. The molecule has 0 bridgehead atoms. The van der Waals surface area contributed by atoms with Crippen LogP contribution in [0.1, 0.15) is 59.0 Å². The zero-order chi connectivity index (χ0) is 39.6. The monoisotopic (exact) mass is 772 g/mol. The van der Waals surface area contributed by atoms with Crippen LogP contribution in [-0.4, -0.2) is 78.6 Å². The standard InChI is InChI=1S/C39H45ClN8O7/c1-48(2)35(41)27-12-14-28(15-13-27)36(50)46-32-18-17-30(22-31(32)37(51)47-33-19-16-29(40)23-45-33)53-25-34(49)43-20-8-3-4-9-21-44-38(42)55-39(52)54-24-26-10-6-5-7-11-26/h5-7,10-19,22-23,37,41,51H,3-4,8-9,20-21,24-25H2,1-2H3,(H2,42,44)(H,43,49)(H,45,47)(H,46,50). The summed E-state index contributed by atoms with van der Waals surface area (Å²) >= 11 is 5.95. The maximum atomic E-state index is 13.2. The van der Waals surface area contributed by atoms with Crippen molar-refractivity contribution in [2.75, 3.05) is 44.4 Å². The minimum Gasteiger partial charge on any atom is -0.484 e. The molecule has 0 aliphatic carbocycles. The van der Waals surface area contributed by atoms with Gasteiger partial charge in [0.25, 0.3) is 17.8 Å². The summed E-state index contributed by atoms with van der Waals surface area (Å²) in [5.74, 6) is 0.151. The maximum Gasteiger partial charge on any atom is 0.516 e. The van der Waals surface area contributed by atoms with Crippen molar-refractivity contribution < 1.29 is 33.7 Å². The highest BCUT2D eigenvalue weighted by Crippen LogP contribution is 2.29. The Bertz CT molecular complexity index is 1890. The van der Waals surface area contributed by atoms with E-state index in [9.17, 15) is 19.5 Å². The van der Waals surface area contributed by atoms with Crippen molar-refractivity contribution in [2.45, 2.75) is 38.5 Å². The highest BCUT2D eigenvalue weighted by Gasteiger charge is 2.18. The van der Waals surface area contributed by atoms with Crippen molar-refractivity contribution in [3.05, 3.63) is 118 Å². The highest BCUT2D eigenvalue weighted by molar-refractivity contribution is 6.30. The lowest BCUT2D eigenvalue weighted by molar-refractivity contribution is -0.123. The minimum atomic E-state index is -1.33. The van der Waals surface area contributed by atoms with Crippen molar-refractivity contribution in [1.82, 2.24) is 20.5 Å². The molecule has 0 saturated carbocycles. The van der Waals surface area contributed by atoms with Crippen molar-refractivity contribution in [2.24, 2.45) is 0 Å². The number of unbranched alkanes of at least 4 members (excludes halogenated alkanes) is 3. The first kappa shape index (κ1) is 41.6. The van der Waals surface area contributed by atoms with Gasteiger partial charge in [-0.15, -0.1) is 0 Å². The third-order valence-corrected chi connectivity index (χ3v) is 8.14. The second kappa shape index (κ2) is 21.5. The average Bonchev–Trinajstić information content (AvgIpc) is 3.18. The summed E-state index contributed by atoms with van der Waals surface area (Å²) in [7, 11) is 3.53. The van der Waals surface area contributed by atoms with E-state index in [1.807, 2.05) is 30.3 Å². The van der Waals surface area contributed by atoms with Crippen molar-refractivity contribution in [3.63, 3.8) is 0 Å². The van der Waals surface area contributed by atoms with Gasteiger partial charge in [0.05, 0.1) is 5.02 Å². The number of hydrogen-bond donors (Lipinski definition) is 7. The molecule has 1 atom stereocenters. The molecule has 0 saturated heterocycles. The highest BCUT2D eigenvalue weighted by atomic mass is 35.5. The number of amidine groups is 2. The Morgan fingerprint density at radius 1 is 0.873 bits per heavy atom. The number of anilines is 2. The zero-order valence-corrected chi connectivity index (χ0v) is 31.3. The number of carbonyl (C=O) groups excluding carboxylic acids is 3. The first-order chi connectivity index (χ1) is 26.5. The van der Waals surface area contributed by atoms with E-state index < -0.39 is 18.3 Å². The van der Waals surface area contributed by atoms with E-state index in [0.717, 1.165) is 31.2 Å². The van der Waals surface area contributed by atoms with E-state index in [1.165, 1.54) is 12.3 Å². The molecular weight excluding hydrogens is 728 g/mol. The largest absolute Gasteiger partial charge is 0.516 e. The fourth-order valence-corrected chi connectivity index (χ4v) is 5.09. The van der Waals surface area contributed by atoms with Gasteiger partial charge in [0.1, 0.15) is 24.0 Å². The van der Waals surface area contributed by atoms with Crippen LogP contribution in [0, 0.1) is 10.8 Å². The number of rotatable bonds is 18. The molecule has 55 heavy (non-hydrogen) atoms. The van der Waals surface area contributed by atoms with Crippen LogP contribution >= 0.6 is 11.6 Å². The van der Waals surface area contributed by atoms with Gasteiger partial charge < -0.3 is 45.5 Å². The number of halogens is 1. The Morgan fingerprint density at radius 3 is 2.24 bits per heavy atom. The number of nitrogens with one attached hydrogen (secondary N) is 6. The molecule has 4 rings (SSSR count). The number of nitrogens with zero attached hydrogens (tertiary/aromatic N) is 2. The quantitative estimate of drug-likeness (QED) is 0.0208. The Hall–Kier alpha value is -6.19. The van der Waals surface area contributed by atoms with Crippen LogP contribution in [0.3, 0.4) is 0 Å². The molecule has 0 spiro atoms. The lowest BCUT2D eigenvalue weighted by Crippen LogP contribution is -2.30. The molecule has 2 amide bonds. The Labute approximate surface area is 324 Å². The van der Waals surface area contributed by atoms with Gasteiger partial charge in [-0.25, -0.2) is 9.78 Å². The summed E-state index contributed by atoms with van der Waals surface area (Å²) in [5, 5.41) is 38.7. The summed E-state index contributed by atoms with van der Waals surface area (Å²) in [4.78, 5) is 43.3. The SMILES string of the molecule is CN(C)C(=N)c1ccc(C(=O)Nc2ccc(OCC(=O)NCCCCCCNC(=N)OC(=O)OCc3ccccc3)cc2C(O)Nc2ccc(Cl)cn2)cc1. The van der Waals surface area contributed by atoms with Crippen LogP contribution in [0.25, 0.3) is 0 Å². The molecule has 1 heterocycles. The first-order valence-electron chi connectivity index (χ1n) is 17.5. The summed E-state index contributed by atoms with van der Waals surface area (Å²) in [5.41, 5.74) is 2.36. The topological polar surface area (TPSA) is 211 Å². The number of aromatic nitrogens is 1. The molecule has 3 aromatic carbocycles. The molecule has 7 N–H and O–H groups in total. The van der Waals surface area contributed by atoms with E-state index in [0.29, 0.717) is 46.6 Å². The van der Waals surface area contributed by atoms with Crippen molar-refractivity contribution in [3.8, 4) is 5.75 Å². The smallest absolute Gasteiger partial charge is 0.484 e. The first-order valence-corrected chi connectivity index (χ1v) is 17.8. The molecule has 4 aromatic rings. The number of aliphatic hydroxyl groups is 1.